The number of carbonyl (C=O) groups excluding carboxylic acids is 2. The number of carbonyl (C=O) groups is 2. The summed E-state index contributed by atoms with van der Waals surface area (Å²) in [5.74, 6) is 0.189. The van der Waals surface area contributed by atoms with E-state index in [0.29, 0.717) is 5.56 Å². The Morgan fingerprint density at radius 1 is 1.00 bits per heavy atom. The number of anilines is 1. The molecular weight excluding hydrogens is 392 g/mol. The van der Waals surface area contributed by atoms with Crippen LogP contribution in [-0.4, -0.2) is 47.3 Å². The Kier molecular flexibility index (Phi) is 5.40. The van der Waals surface area contributed by atoms with Crippen LogP contribution in [0, 0.1) is 5.92 Å². The summed E-state index contributed by atoms with van der Waals surface area (Å²) >= 11 is 0. The Bertz CT molecular complexity index is 959. The van der Waals surface area contributed by atoms with Crippen LogP contribution in [0.1, 0.15) is 54.1 Å². The molecule has 2 aromatic rings. The fourth-order valence-electron chi connectivity index (χ4n) is 5.41. The van der Waals surface area contributed by atoms with Gasteiger partial charge in [0, 0.05) is 29.3 Å². The Labute approximate surface area is 182 Å². The van der Waals surface area contributed by atoms with Crippen molar-refractivity contribution in [1.29, 1.82) is 0 Å². The van der Waals surface area contributed by atoms with Gasteiger partial charge in [0.25, 0.3) is 5.91 Å². The maximum atomic E-state index is 13.6. The number of amides is 2. The zero-order chi connectivity index (χ0) is 21.4. The fourth-order valence-corrected chi connectivity index (χ4v) is 5.41. The molecule has 0 radical (unpaired) electrons. The summed E-state index contributed by atoms with van der Waals surface area (Å²) in [5, 5.41) is 9.13. The van der Waals surface area contributed by atoms with Gasteiger partial charge in [-0.3, -0.25) is 9.69 Å². The highest BCUT2D eigenvalue weighted by Gasteiger charge is 2.51. The van der Waals surface area contributed by atoms with Crippen LogP contribution in [0.2, 0.25) is 0 Å². The molecular formula is C25H28N2O4. The molecule has 0 spiro atoms. The molecule has 31 heavy (non-hydrogen) atoms. The SMILES string of the molecule is O=C(c1ccccc1)N1c2ccccc2[C@H](N(C(=O)OCCO)C2CC2)[C@H]2CCC[C@H]21. The highest BCUT2D eigenvalue weighted by molar-refractivity contribution is 6.07. The third kappa shape index (κ3) is 3.59. The molecule has 2 fully saturated rings. The lowest BCUT2D eigenvalue weighted by atomic mass is 9.81. The number of nitrogens with zero attached hydrogens (tertiary/aromatic N) is 2. The van der Waals surface area contributed by atoms with Gasteiger partial charge in [0.15, 0.2) is 0 Å². The molecule has 6 nitrogen and oxygen atoms in total. The van der Waals surface area contributed by atoms with E-state index in [0.717, 1.165) is 43.4 Å². The third-order valence-electron chi connectivity index (χ3n) is 6.79. The van der Waals surface area contributed by atoms with E-state index in [9.17, 15) is 9.59 Å². The highest BCUT2D eigenvalue weighted by atomic mass is 16.6. The van der Waals surface area contributed by atoms with Gasteiger partial charge in [-0.15, -0.1) is 0 Å². The molecule has 162 valence electrons. The van der Waals surface area contributed by atoms with Gasteiger partial charge in [0.1, 0.15) is 6.61 Å². The zero-order valence-corrected chi connectivity index (χ0v) is 17.5. The Balaban J connectivity index is 1.57. The Hall–Kier alpha value is -2.86. The topological polar surface area (TPSA) is 70.1 Å². The second-order valence-corrected chi connectivity index (χ2v) is 8.68. The quantitative estimate of drug-likeness (QED) is 0.789. The molecule has 3 atom stereocenters. The molecule has 1 heterocycles. The van der Waals surface area contributed by atoms with Gasteiger partial charge in [0.05, 0.1) is 12.6 Å². The molecule has 1 N–H and O–H groups in total. The van der Waals surface area contributed by atoms with Gasteiger partial charge < -0.3 is 14.7 Å². The van der Waals surface area contributed by atoms with Gasteiger partial charge in [-0.05, 0) is 49.4 Å². The van der Waals surface area contributed by atoms with E-state index in [1.807, 2.05) is 58.3 Å². The first-order valence-corrected chi connectivity index (χ1v) is 11.2. The van der Waals surface area contributed by atoms with Crippen LogP contribution >= 0.6 is 0 Å². The molecule has 0 saturated heterocycles. The van der Waals surface area contributed by atoms with Crippen LogP contribution in [0.15, 0.2) is 54.6 Å². The first kappa shape index (κ1) is 20.1. The Morgan fingerprint density at radius 2 is 1.74 bits per heavy atom. The lowest BCUT2D eigenvalue weighted by Gasteiger charge is -2.47. The average Bonchev–Trinajstić information content (AvgIpc) is 3.53. The fraction of sp³-hybridized carbons (Fsp3) is 0.440. The number of aliphatic hydroxyl groups excluding tert-OH is 1. The van der Waals surface area contributed by atoms with Crippen LogP contribution in [0.5, 0.6) is 0 Å². The molecule has 5 rings (SSSR count). The van der Waals surface area contributed by atoms with E-state index in [1.165, 1.54) is 0 Å². The predicted molar refractivity (Wildman–Crippen MR) is 117 cm³/mol. The molecule has 2 aliphatic carbocycles. The smallest absolute Gasteiger partial charge is 0.410 e. The normalized spacial score (nSPS) is 24.3. The van der Waals surface area contributed by atoms with E-state index >= 15 is 0 Å². The minimum absolute atomic E-state index is 0.00311. The van der Waals surface area contributed by atoms with Crippen molar-refractivity contribution in [2.45, 2.75) is 50.2 Å². The summed E-state index contributed by atoms with van der Waals surface area (Å²) in [6.07, 6.45) is 4.51. The van der Waals surface area contributed by atoms with Crippen molar-refractivity contribution in [1.82, 2.24) is 4.90 Å². The summed E-state index contributed by atoms with van der Waals surface area (Å²) in [4.78, 5) is 30.5. The lowest BCUT2D eigenvalue weighted by Crippen LogP contribution is -2.53. The van der Waals surface area contributed by atoms with E-state index in [1.54, 1.807) is 0 Å². The van der Waals surface area contributed by atoms with E-state index < -0.39 is 0 Å². The van der Waals surface area contributed by atoms with Crippen molar-refractivity contribution in [2.24, 2.45) is 5.92 Å². The van der Waals surface area contributed by atoms with Gasteiger partial charge in [-0.25, -0.2) is 4.79 Å². The largest absolute Gasteiger partial charge is 0.447 e. The van der Waals surface area contributed by atoms with Gasteiger partial charge in [0.2, 0.25) is 0 Å². The van der Waals surface area contributed by atoms with Crippen molar-refractivity contribution < 1.29 is 19.4 Å². The number of aliphatic hydroxyl groups is 1. The number of hydrogen-bond donors (Lipinski definition) is 1. The number of fused-ring (bicyclic) bond motifs is 2. The molecule has 0 bridgehead atoms. The molecule has 1 aliphatic heterocycles. The maximum Gasteiger partial charge on any atom is 0.410 e. The van der Waals surface area contributed by atoms with E-state index in [-0.39, 0.29) is 49.3 Å². The summed E-state index contributed by atoms with van der Waals surface area (Å²) in [6.45, 7) is -0.181. The van der Waals surface area contributed by atoms with Crippen LogP contribution in [0.25, 0.3) is 0 Å². The predicted octanol–water partition coefficient (Wildman–Crippen LogP) is 4.15. The molecule has 3 aliphatic rings. The van der Waals surface area contributed by atoms with Crippen molar-refractivity contribution in [3.63, 3.8) is 0 Å². The number of rotatable bonds is 5. The first-order valence-electron chi connectivity index (χ1n) is 11.2. The molecule has 0 unspecified atom stereocenters. The van der Waals surface area contributed by atoms with Crippen LogP contribution in [-0.2, 0) is 4.74 Å². The lowest BCUT2D eigenvalue weighted by molar-refractivity contribution is 0.0515. The van der Waals surface area contributed by atoms with Crippen molar-refractivity contribution in [3.8, 4) is 0 Å². The minimum atomic E-state index is -0.357. The second-order valence-electron chi connectivity index (χ2n) is 8.68. The van der Waals surface area contributed by atoms with Crippen molar-refractivity contribution in [3.05, 3.63) is 65.7 Å². The van der Waals surface area contributed by atoms with E-state index in [4.69, 9.17) is 9.84 Å². The van der Waals surface area contributed by atoms with E-state index in [2.05, 4.69) is 6.07 Å². The monoisotopic (exact) mass is 420 g/mol. The first-order chi connectivity index (χ1) is 15.2. The molecule has 2 aromatic carbocycles. The van der Waals surface area contributed by atoms with Crippen LogP contribution in [0.3, 0.4) is 0 Å². The summed E-state index contributed by atoms with van der Waals surface area (Å²) in [7, 11) is 0. The maximum absolute atomic E-state index is 13.6. The zero-order valence-electron chi connectivity index (χ0n) is 17.5. The Morgan fingerprint density at radius 3 is 2.48 bits per heavy atom. The molecule has 2 saturated carbocycles. The molecule has 2 amide bonds. The molecule has 0 aromatic heterocycles. The number of ether oxygens (including phenoxy) is 1. The highest BCUT2D eigenvalue weighted by Crippen LogP contribution is 2.52. The number of hydrogen-bond acceptors (Lipinski definition) is 4. The van der Waals surface area contributed by atoms with Crippen LogP contribution in [0.4, 0.5) is 10.5 Å². The summed E-state index contributed by atoms with van der Waals surface area (Å²) < 4.78 is 5.37. The second kappa shape index (κ2) is 8.35. The van der Waals surface area contributed by atoms with Gasteiger partial charge in [-0.1, -0.05) is 42.8 Å². The number of benzene rings is 2. The van der Waals surface area contributed by atoms with Gasteiger partial charge in [-0.2, -0.15) is 0 Å². The standard InChI is InChI=1S/C25H28N2O4/c28-15-16-31-25(30)26(18-13-14-18)23-19-9-4-5-11-21(19)27(22-12-6-10-20(22)23)24(29)17-7-2-1-3-8-17/h1-5,7-9,11,18,20,22-23,28H,6,10,12-16H2/t20-,22+,23-/m0/s1. The minimum Gasteiger partial charge on any atom is -0.447 e. The summed E-state index contributed by atoms with van der Waals surface area (Å²) in [5.41, 5.74) is 2.59. The summed E-state index contributed by atoms with van der Waals surface area (Å²) in [6, 6.07) is 17.5. The van der Waals surface area contributed by atoms with Gasteiger partial charge >= 0.3 is 6.09 Å². The molecule has 6 heteroatoms. The van der Waals surface area contributed by atoms with Crippen molar-refractivity contribution in [2.75, 3.05) is 18.1 Å². The number of para-hydroxylation sites is 1. The average molecular weight is 421 g/mol. The van der Waals surface area contributed by atoms with Crippen molar-refractivity contribution >= 4 is 17.7 Å². The van der Waals surface area contributed by atoms with Crippen LogP contribution < -0.4 is 4.90 Å². The third-order valence-corrected chi connectivity index (χ3v) is 6.79.